The van der Waals surface area contributed by atoms with Crippen LogP contribution >= 0.6 is 0 Å². The highest BCUT2D eigenvalue weighted by molar-refractivity contribution is 6.15. The zero-order valence-corrected chi connectivity index (χ0v) is 11.1. The molecule has 0 unspecified atom stereocenters. The van der Waals surface area contributed by atoms with Gasteiger partial charge in [-0.25, -0.2) is 0 Å². The van der Waals surface area contributed by atoms with E-state index in [1.807, 2.05) is 0 Å². The summed E-state index contributed by atoms with van der Waals surface area (Å²) >= 11 is 0. The van der Waals surface area contributed by atoms with Gasteiger partial charge in [-0.2, -0.15) is 0 Å². The molecule has 0 heterocycles. The molecule has 0 bridgehead atoms. The van der Waals surface area contributed by atoms with E-state index in [2.05, 4.69) is 6.58 Å². The summed E-state index contributed by atoms with van der Waals surface area (Å²) in [5, 5.41) is 10.2. The van der Waals surface area contributed by atoms with Crippen LogP contribution < -0.4 is 0 Å². The number of aryl methyl sites for hydroxylation is 1. The van der Waals surface area contributed by atoms with Gasteiger partial charge in [0.15, 0.2) is 11.6 Å². The van der Waals surface area contributed by atoms with Crippen molar-refractivity contribution in [1.82, 2.24) is 0 Å². The summed E-state index contributed by atoms with van der Waals surface area (Å²) < 4.78 is 0. The van der Waals surface area contributed by atoms with Crippen molar-refractivity contribution < 1.29 is 14.7 Å². The highest BCUT2D eigenvalue weighted by Crippen LogP contribution is 2.28. The van der Waals surface area contributed by atoms with Crippen LogP contribution in [0.4, 0.5) is 0 Å². The third-order valence-electron chi connectivity index (χ3n) is 3.10. The Kier molecular flexibility index (Phi) is 3.80. The van der Waals surface area contributed by atoms with Crippen LogP contribution in [0.1, 0.15) is 31.8 Å². The van der Waals surface area contributed by atoms with Crippen molar-refractivity contribution in [2.45, 2.75) is 6.92 Å². The minimum Gasteiger partial charge on any atom is -0.506 e. The summed E-state index contributed by atoms with van der Waals surface area (Å²) in [6.45, 7) is 5.11. The van der Waals surface area contributed by atoms with Crippen molar-refractivity contribution in [1.29, 1.82) is 0 Å². The first-order valence-electron chi connectivity index (χ1n) is 6.15. The Bertz CT molecular complexity index is 685. The van der Waals surface area contributed by atoms with Crippen molar-refractivity contribution in [3.63, 3.8) is 0 Å². The molecule has 0 fully saturated rings. The fourth-order valence-corrected chi connectivity index (χ4v) is 2.03. The fourth-order valence-electron chi connectivity index (χ4n) is 2.03. The van der Waals surface area contributed by atoms with Crippen LogP contribution in [0.25, 0.3) is 0 Å². The molecule has 2 rings (SSSR count). The molecule has 0 spiro atoms. The molecule has 0 aliphatic carbocycles. The minimum atomic E-state index is -0.400. The third-order valence-corrected chi connectivity index (χ3v) is 3.10. The molecular weight excluding hydrogens is 252 g/mol. The molecule has 2 aromatic carbocycles. The lowest BCUT2D eigenvalue weighted by molar-refractivity contribution is 0.103. The normalized spacial score (nSPS) is 10.1. The SMILES string of the molecule is C=CC(=O)c1c(C)ccc(C(=O)c2ccccc2)c1O. The van der Waals surface area contributed by atoms with Gasteiger partial charge in [0, 0.05) is 5.56 Å². The van der Waals surface area contributed by atoms with Crippen molar-refractivity contribution in [2.24, 2.45) is 0 Å². The van der Waals surface area contributed by atoms with E-state index in [0.29, 0.717) is 11.1 Å². The topological polar surface area (TPSA) is 54.4 Å². The maximum atomic E-state index is 12.3. The molecule has 0 aliphatic rings. The Hall–Kier alpha value is -2.68. The summed E-state index contributed by atoms with van der Waals surface area (Å²) in [7, 11) is 0. The number of hydrogen-bond donors (Lipinski definition) is 1. The van der Waals surface area contributed by atoms with Crippen molar-refractivity contribution in [2.75, 3.05) is 0 Å². The number of benzene rings is 2. The Morgan fingerprint density at radius 1 is 1.10 bits per heavy atom. The Morgan fingerprint density at radius 2 is 1.75 bits per heavy atom. The zero-order chi connectivity index (χ0) is 14.7. The molecule has 0 saturated carbocycles. The highest BCUT2D eigenvalue weighted by atomic mass is 16.3. The number of aromatic hydroxyl groups is 1. The monoisotopic (exact) mass is 266 g/mol. The van der Waals surface area contributed by atoms with E-state index in [4.69, 9.17) is 0 Å². The lowest BCUT2D eigenvalue weighted by Crippen LogP contribution is -2.06. The first-order valence-corrected chi connectivity index (χ1v) is 6.15. The van der Waals surface area contributed by atoms with Gasteiger partial charge in [0.05, 0.1) is 11.1 Å². The lowest BCUT2D eigenvalue weighted by atomic mass is 9.95. The Balaban J connectivity index is 2.57. The van der Waals surface area contributed by atoms with Crippen LogP contribution in [0.2, 0.25) is 0 Å². The standard InChI is InChI=1S/C17H14O3/c1-3-14(18)15-11(2)9-10-13(17(15)20)16(19)12-7-5-4-6-8-12/h3-10,20H,1H2,2H3. The number of hydrogen-bond acceptors (Lipinski definition) is 3. The molecular formula is C17H14O3. The van der Waals surface area contributed by atoms with Gasteiger partial charge in [-0.1, -0.05) is 43.0 Å². The summed E-state index contributed by atoms with van der Waals surface area (Å²) in [5.74, 6) is -1.01. The van der Waals surface area contributed by atoms with E-state index >= 15 is 0 Å². The summed E-state index contributed by atoms with van der Waals surface area (Å²) in [5.41, 5.74) is 1.31. The largest absolute Gasteiger partial charge is 0.506 e. The molecule has 0 atom stereocenters. The van der Waals surface area contributed by atoms with E-state index in [-0.39, 0.29) is 22.7 Å². The van der Waals surface area contributed by atoms with Gasteiger partial charge in [-0.15, -0.1) is 0 Å². The van der Waals surface area contributed by atoms with Crippen molar-refractivity contribution >= 4 is 11.6 Å². The third kappa shape index (κ3) is 2.38. The summed E-state index contributed by atoms with van der Waals surface area (Å²) in [6.07, 6.45) is 1.12. The van der Waals surface area contributed by atoms with E-state index in [9.17, 15) is 14.7 Å². The van der Waals surface area contributed by atoms with E-state index < -0.39 is 5.78 Å². The molecule has 0 aliphatic heterocycles. The second kappa shape index (κ2) is 5.53. The van der Waals surface area contributed by atoms with Crippen LogP contribution in [0, 0.1) is 6.92 Å². The van der Waals surface area contributed by atoms with E-state index in [1.165, 1.54) is 6.07 Å². The molecule has 2 aromatic rings. The molecule has 0 aromatic heterocycles. The molecule has 100 valence electrons. The van der Waals surface area contributed by atoms with Gasteiger partial charge in [0.1, 0.15) is 5.75 Å². The number of phenolic OH excluding ortho intramolecular Hbond substituents is 1. The number of carbonyl (C=O) groups excluding carboxylic acids is 2. The maximum Gasteiger partial charge on any atom is 0.196 e. The second-order valence-electron chi connectivity index (χ2n) is 4.42. The van der Waals surface area contributed by atoms with Crippen molar-refractivity contribution in [3.8, 4) is 5.75 Å². The lowest BCUT2D eigenvalue weighted by Gasteiger charge is -2.10. The highest BCUT2D eigenvalue weighted by Gasteiger charge is 2.20. The maximum absolute atomic E-state index is 12.3. The molecule has 3 heteroatoms. The molecule has 0 radical (unpaired) electrons. The molecule has 0 saturated heterocycles. The van der Waals surface area contributed by atoms with E-state index in [0.717, 1.165) is 6.08 Å². The zero-order valence-electron chi connectivity index (χ0n) is 11.1. The first kappa shape index (κ1) is 13.7. The molecule has 20 heavy (non-hydrogen) atoms. The van der Waals surface area contributed by atoms with Gasteiger partial charge in [-0.3, -0.25) is 9.59 Å². The number of rotatable bonds is 4. The molecule has 1 N–H and O–H groups in total. The fraction of sp³-hybridized carbons (Fsp3) is 0.0588. The number of allylic oxidation sites excluding steroid dienone is 1. The van der Waals surface area contributed by atoms with Crippen LogP contribution in [0.5, 0.6) is 5.75 Å². The van der Waals surface area contributed by atoms with Gasteiger partial charge in [0.25, 0.3) is 0 Å². The second-order valence-corrected chi connectivity index (χ2v) is 4.42. The number of phenols is 1. The van der Waals surface area contributed by atoms with E-state index in [1.54, 1.807) is 43.3 Å². The van der Waals surface area contributed by atoms with Gasteiger partial charge >= 0.3 is 0 Å². The van der Waals surface area contributed by atoms with Crippen LogP contribution in [0.15, 0.2) is 55.1 Å². The Morgan fingerprint density at radius 3 is 2.35 bits per heavy atom. The molecule has 3 nitrogen and oxygen atoms in total. The number of carbonyl (C=O) groups is 2. The summed E-state index contributed by atoms with van der Waals surface area (Å²) in [6, 6.07) is 11.8. The summed E-state index contributed by atoms with van der Waals surface area (Å²) in [4.78, 5) is 24.1. The van der Waals surface area contributed by atoms with Crippen LogP contribution in [-0.4, -0.2) is 16.7 Å². The predicted molar refractivity (Wildman–Crippen MR) is 77.2 cm³/mol. The average Bonchev–Trinajstić information content (AvgIpc) is 2.47. The van der Waals surface area contributed by atoms with Gasteiger partial charge in [-0.05, 0) is 24.6 Å². The minimum absolute atomic E-state index is 0.118. The van der Waals surface area contributed by atoms with Crippen LogP contribution in [0.3, 0.4) is 0 Å². The van der Waals surface area contributed by atoms with Gasteiger partial charge < -0.3 is 5.11 Å². The molecule has 0 amide bonds. The van der Waals surface area contributed by atoms with Gasteiger partial charge in [0.2, 0.25) is 0 Å². The Labute approximate surface area is 117 Å². The average molecular weight is 266 g/mol. The van der Waals surface area contributed by atoms with Crippen molar-refractivity contribution in [3.05, 3.63) is 77.4 Å². The first-order chi connectivity index (χ1) is 9.56. The smallest absolute Gasteiger partial charge is 0.196 e. The predicted octanol–water partition coefficient (Wildman–Crippen LogP) is 3.30. The quantitative estimate of drug-likeness (QED) is 0.682. The number of ketones is 2. The van der Waals surface area contributed by atoms with Crippen LogP contribution in [-0.2, 0) is 0 Å².